The number of anilines is 2. The number of hydrogen-bond donors (Lipinski definition) is 2. The Balaban J connectivity index is 2.05. The standard InChI is InChI=1S/C14H20ClN3O/c1-18(2)14-11(15)4-3-5-12(14)17-13(19)8-10-6-7-16-9-10/h3-5,10,16H,6-9H2,1-2H3,(H,17,19). The predicted octanol–water partition coefficient (Wildman–Crippen LogP) is 2.34. The molecule has 0 bridgehead atoms. The zero-order chi connectivity index (χ0) is 13.8. The van der Waals surface area contributed by atoms with Crippen molar-refractivity contribution in [3.8, 4) is 0 Å². The molecule has 1 saturated heterocycles. The summed E-state index contributed by atoms with van der Waals surface area (Å²) in [6, 6.07) is 5.56. The molecule has 19 heavy (non-hydrogen) atoms. The summed E-state index contributed by atoms with van der Waals surface area (Å²) >= 11 is 6.18. The summed E-state index contributed by atoms with van der Waals surface area (Å²) in [4.78, 5) is 14.0. The van der Waals surface area contributed by atoms with Crippen LogP contribution in [0.15, 0.2) is 18.2 Å². The van der Waals surface area contributed by atoms with Gasteiger partial charge in [-0.2, -0.15) is 0 Å². The van der Waals surface area contributed by atoms with Crippen molar-refractivity contribution in [1.29, 1.82) is 0 Å². The summed E-state index contributed by atoms with van der Waals surface area (Å²) in [5.74, 6) is 0.501. The zero-order valence-corrected chi connectivity index (χ0v) is 12.1. The highest BCUT2D eigenvalue weighted by Gasteiger charge is 2.19. The second-order valence-corrected chi connectivity index (χ2v) is 5.55. The lowest BCUT2D eigenvalue weighted by molar-refractivity contribution is -0.116. The number of carbonyl (C=O) groups is 1. The highest BCUT2D eigenvalue weighted by Crippen LogP contribution is 2.32. The van der Waals surface area contributed by atoms with Crippen LogP contribution in [0.5, 0.6) is 0 Å². The van der Waals surface area contributed by atoms with Gasteiger partial charge in [-0.3, -0.25) is 4.79 Å². The minimum atomic E-state index is 0.0547. The summed E-state index contributed by atoms with van der Waals surface area (Å²) < 4.78 is 0. The Morgan fingerprint density at radius 1 is 1.53 bits per heavy atom. The largest absolute Gasteiger partial charge is 0.375 e. The Labute approximate surface area is 119 Å². The van der Waals surface area contributed by atoms with Crippen molar-refractivity contribution < 1.29 is 4.79 Å². The molecule has 2 N–H and O–H groups in total. The molecule has 1 fully saturated rings. The Morgan fingerprint density at radius 2 is 2.32 bits per heavy atom. The highest BCUT2D eigenvalue weighted by molar-refractivity contribution is 6.34. The van der Waals surface area contributed by atoms with E-state index in [0.717, 1.165) is 30.9 Å². The van der Waals surface area contributed by atoms with Gasteiger partial charge in [0.15, 0.2) is 0 Å². The van der Waals surface area contributed by atoms with E-state index < -0.39 is 0 Å². The van der Waals surface area contributed by atoms with Gasteiger partial charge in [0, 0.05) is 20.5 Å². The van der Waals surface area contributed by atoms with Gasteiger partial charge in [-0.05, 0) is 37.6 Å². The van der Waals surface area contributed by atoms with Gasteiger partial charge < -0.3 is 15.5 Å². The molecule has 2 rings (SSSR count). The first-order valence-corrected chi connectivity index (χ1v) is 6.92. The minimum Gasteiger partial charge on any atom is -0.375 e. The van der Waals surface area contributed by atoms with Crippen molar-refractivity contribution in [1.82, 2.24) is 5.32 Å². The lowest BCUT2D eigenvalue weighted by atomic mass is 10.0. The maximum Gasteiger partial charge on any atom is 0.224 e. The van der Waals surface area contributed by atoms with Gasteiger partial charge in [-0.1, -0.05) is 17.7 Å². The van der Waals surface area contributed by atoms with Crippen LogP contribution < -0.4 is 15.5 Å². The second kappa shape index (κ2) is 6.26. The first-order valence-electron chi connectivity index (χ1n) is 6.54. The van der Waals surface area contributed by atoms with Crippen LogP contribution >= 0.6 is 11.6 Å². The number of amides is 1. The summed E-state index contributed by atoms with van der Waals surface area (Å²) in [6.45, 7) is 1.95. The molecule has 0 aromatic heterocycles. The van der Waals surface area contributed by atoms with Crippen LogP contribution in [0.2, 0.25) is 5.02 Å². The van der Waals surface area contributed by atoms with E-state index in [4.69, 9.17) is 11.6 Å². The number of halogens is 1. The lowest BCUT2D eigenvalue weighted by Gasteiger charge is -2.19. The fraction of sp³-hybridized carbons (Fsp3) is 0.500. The van der Waals surface area contributed by atoms with Crippen LogP contribution in [-0.2, 0) is 4.79 Å². The molecule has 1 aliphatic rings. The maximum absolute atomic E-state index is 12.1. The van der Waals surface area contributed by atoms with Crippen LogP contribution in [-0.4, -0.2) is 33.1 Å². The molecule has 104 valence electrons. The molecule has 5 heteroatoms. The van der Waals surface area contributed by atoms with E-state index in [1.165, 1.54) is 0 Å². The van der Waals surface area contributed by atoms with E-state index in [2.05, 4.69) is 10.6 Å². The fourth-order valence-electron chi connectivity index (χ4n) is 2.42. The van der Waals surface area contributed by atoms with E-state index >= 15 is 0 Å². The highest BCUT2D eigenvalue weighted by atomic mass is 35.5. The number of benzene rings is 1. The molecule has 0 aliphatic carbocycles. The van der Waals surface area contributed by atoms with Crippen molar-refractivity contribution in [2.75, 3.05) is 37.4 Å². The molecule has 1 aliphatic heterocycles. The van der Waals surface area contributed by atoms with Gasteiger partial charge in [0.25, 0.3) is 0 Å². The summed E-state index contributed by atoms with van der Waals surface area (Å²) in [5.41, 5.74) is 1.62. The van der Waals surface area contributed by atoms with Crippen molar-refractivity contribution in [2.45, 2.75) is 12.8 Å². The number of hydrogen-bond acceptors (Lipinski definition) is 3. The van der Waals surface area contributed by atoms with Gasteiger partial charge in [0.1, 0.15) is 0 Å². The molecular formula is C14H20ClN3O. The number of para-hydroxylation sites is 1. The molecule has 0 radical (unpaired) electrons. The third-order valence-electron chi connectivity index (χ3n) is 3.34. The molecule has 1 unspecified atom stereocenters. The van der Waals surface area contributed by atoms with Gasteiger partial charge in [0.05, 0.1) is 16.4 Å². The SMILES string of the molecule is CN(C)c1c(Cl)cccc1NC(=O)CC1CCNC1. The van der Waals surface area contributed by atoms with Crippen LogP contribution in [0, 0.1) is 5.92 Å². The monoisotopic (exact) mass is 281 g/mol. The van der Waals surface area contributed by atoms with Crippen LogP contribution in [0.25, 0.3) is 0 Å². The Kier molecular flexibility index (Phi) is 4.66. The van der Waals surface area contributed by atoms with Crippen molar-refractivity contribution in [2.24, 2.45) is 5.92 Å². The summed E-state index contributed by atoms with van der Waals surface area (Å²) in [6.07, 6.45) is 1.63. The van der Waals surface area contributed by atoms with Crippen molar-refractivity contribution >= 4 is 28.9 Å². The van der Waals surface area contributed by atoms with Crippen LogP contribution in [0.4, 0.5) is 11.4 Å². The topological polar surface area (TPSA) is 44.4 Å². The van der Waals surface area contributed by atoms with Gasteiger partial charge >= 0.3 is 0 Å². The average Bonchev–Trinajstić information content (AvgIpc) is 2.81. The molecule has 0 spiro atoms. The molecule has 1 amide bonds. The molecule has 0 saturated carbocycles. The summed E-state index contributed by atoms with van der Waals surface area (Å²) in [7, 11) is 3.83. The maximum atomic E-state index is 12.1. The Bertz CT molecular complexity index is 456. The Morgan fingerprint density at radius 3 is 2.95 bits per heavy atom. The number of carbonyl (C=O) groups excluding carboxylic acids is 1. The van der Waals surface area contributed by atoms with E-state index in [1.807, 2.05) is 37.2 Å². The molecule has 1 aromatic rings. The van der Waals surface area contributed by atoms with Gasteiger partial charge in [-0.25, -0.2) is 0 Å². The zero-order valence-electron chi connectivity index (χ0n) is 11.4. The smallest absolute Gasteiger partial charge is 0.224 e. The third-order valence-corrected chi connectivity index (χ3v) is 3.65. The third kappa shape index (κ3) is 3.61. The van der Waals surface area contributed by atoms with E-state index in [9.17, 15) is 4.79 Å². The van der Waals surface area contributed by atoms with Crippen molar-refractivity contribution in [3.05, 3.63) is 23.2 Å². The molecule has 4 nitrogen and oxygen atoms in total. The average molecular weight is 282 g/mol. The van der Waals surface area contributed by atoms with E-state index in [0.29, 0.717) is 17.4 Å². The van der Waals surface area contributed by atoms with Gasteiger partial charge in [-0.15, -0.1) is 0 Å². The normalized spacial score (nSPS) is 18.4. The minimum absolute atomic E-state index is 0.0547. The molecular weight excluding hydrogens is 262 g/mol. The first-order chi connectivity index (χ1) is 9.08. The van der Waals surface area contributed by atoms with E-state index in [-0.39, 0.29) is 5.91 Å². The predicted molar refractivity (Wildman–Crippen MR) is 80.0 cm³/mol. The number of nitrogens with one attached hydrogen (secondary N) is 2. The lowest BCUT2D eigenvalue weighted by Crippen LogP contribution is -2.20. The molecule has 1 atom stereocenters. The first kappa shape index (κ1) is 14.2. The second-order valence-electron chi connectivity index (χ2n) is 5.14. The summed E-state index contributed by atoms with van der Waals surface area (Å²) in [5, 5.41) is 6.88. The number of nitrogens with zero attached hydrogens (tertiary/aromatic N) is 1. The van der Waals surface area contributed by atoms with E-state index in [1.54, 1.807) is 0 Å². The van der Waals surface area contributed by atoms with Crippen LogP contribution in [0.3, 0.4) is 0 Å². The van der Waals surface area contributed by atoms with Gasteiger partial charge in [0.2, 0.25) is 5.91 Å². The number of rotatable bonds is 4. The Hall–Kier alpha value is -1.26. The fourth-order valence-corrected chi connectivity index (χ4v) is 2.77. The van der Waals surface area contributed by atoms with Crippen molar-refractivity contribution in [3.63, 3.8) is 0 Å². The molecule has 1 heterocycles. The van der Waals surface area contributed by atoms with Crippen LogP contribution in [0.1, 0.15) is 12.8 Å². The molecule has 1 aromatic carbocycles. The quantitative estimate of drug-likeness (QED) is 0.890.